The van der Waals surface area contributed by atoms with E-state index in [2.05, 4.69) is 6.92 Å². The lowest BCUT2D eigenvalue weighted by Gasteiger charge is -2.23. The molecule has 0 aromatic heterocycles. The summed E-state index contributed by atoms with van der Waals surface area (Å²) in [6.07, 6.45) is 8.16. The normalized spacial score (nSPS) is 15.5. The number of hydrogen-bond donors (Lipinski definition) is 1. The molecule has 0 radical (unpaired) electrons. The van der Waals surface area contributed by atoms with E-state index in [4.69, 9.17) is 0 Å². The lowest BCUT2D eigenvalue weighted by molar-refractivity contribution is -0.121. The van der Waals surface area contributed by atoms with Crippen molar-refractivity contribution in [2.75, 3.05) is 6.61 Å². The molecule has 2 unspecified atom stereocenters. The zero-order chi connectivity index (χ0) is 14.0. The van der Waals surface area contributed by atoms with E-state index in [0.29, 0.717) is 0 Å². The van der Waals surface area contributed by atoms with E-state index in [9.17, 15) is 9.90 Å². The summed E-state index contributed by atoms with van der Waals surface area (Å²) in [5.74, 6) is 0.360. The number of allylic oxidation sites excluding steroid dienone is 2. The highest BCUT2D eigenvalue weighted by atomic mass is 16.3. The minimum Gasteiger partial charge on any atom is -0.396 e. The van der Waals surface area contributed by atoms with Crippen LogP contribution in [-0.4, -0.2) is 17.5 Å². The Labute approximate surface area is 112 Å². The third-order valence-electron chi connectivity index (χ3n) is 3.66. The van der Waals surface area contributed by atoms with Gasteiger partial charge in [0.25, 0.3) is 0 Å². The van der Waals surface area contributed by atoms with Gasteiger partial charge in [-0.1, -0.05) is 46.1 Å². The quantitative estimate of drug-likeness (QED) is 0.470. The van der Waals surface area contributed by atoms with Crippen molar-refractivity contribution < 1.29 is 9.90 Å². The molecule has 0 spiro atoms. The van der Waals surface area contributed by atoms with E-state index in [1.165, 1.54) is 12.8 Å². The summed E-state index contributed by atoms with van der Waals surface area (Å²) in [4.78, 5) is 12.3. The molecule has 2 nitrogen and oxygen atoms in total. The molecule has 18 heavy (non-hydrogen) atoms. The molecule has 0 aromatic carbocycles. The highest BCUT2D eigenvalue weighted by Gasteiger charge is 2.26. The molecule has 0 amide bonds. The van der Waals surface area contributed by atoms with Gasteiger partial charge in [-0.25, -0.2) is 0 Å². The molecule has 0 aromatic rings. The standard InChI is InChI=1S/C16H30O2/c1-5-8-9-11-14(12-17)15(7-3)16(18)13(4)10-6-2/h10,14-15,17H,5-9,11-12H2,1-4H3. The molecule has 1 N–H and O–H groups in total. The van der Waals surface area contributed by atoms with Crippen LogP contribution in [0.25, 0.3) is 0 Å². The fraction of sp³-hybridized carbons (Fsp3) is 0.812. The molecule has 106 valence electrons. The Morgan fingerprint density at radius 2 is 1.89 bits per heavy atom. The number of aliphatic hydroxyl groups excluding tert-OH is 1. The Morgan fingerprint density at radius 1 is 1.22 bits per heavy atom. The lowest BCUT2D eigenvalue weighted by Crippen LogP contribution is -2.26. The number of hydrogen-bond acceptors (Lipinski definition) is 2. The van der Waals surface area contributed by atoms with Crippen LogP contribution in [0.5, 0.6) is 0 Å². The molecule has 0 bridgehead atoms. The maximum absolute atomic E-state index is 12.3. The van der Waals surface area contributed by atoms with Crippen molar-refractivity contribution in [3.63, 3.8) is 0 Å². The molecule has 0 saturated carbocycles. The van der Waals surface area contributed by atoms with Crippen molar-refractivity contribution in [2.45, 2.75) is 66.2 Å². The van der Waals surface area contributed by atoms with Gasteiger partial charge in [-0.05, 0) is 37.7 Å². The largest absolute Gasteiger partial charge is 0.396 e. The second-order valence-corrected chi connectivity index (χ2v) is 5.11. The van der Waals surface area contributed by atoms with Crippen LogP contribution >= 0.6 is 0 Å². The molecule has 0 saturated heterocycles. The van der Waals surface area contributed by atoms with Gasteiger partial charge in [-0.2, -0.15) is 0 Å². The van der Waals surface area contributed by atoms with E-state index in [1.54, 1.807) is 0 Å². The maximum atomic E-state index is 12.3. The zero-order valence-electron chi connectivity index (χ0n) is 12.5. The van der Waals surface area contributed by atoms with Crippen molar-refractivity contribution in [2.24, 2.45) is 11.8 Å². The van der Waals surface area contributed by atoms with Gasteiger partial charge in [-0.15, -0.1) is 0 Å². The average molecular weight is 254 g/mol. The van der Waals surface area contributed by atoms with Crippen molar-refractivity contribution in [1.29, 1.82) is 0 Å². The summed E-state index contributed by atoms with van der Waals surface area (Å²) in [5, 5.41) is 9.52. The molecular formula is C16H30O2. The first kappa shape index (κ1) is 17.4. The SMILES string of the molecule is CCC=C(C)C(=O)C(CC)C(CO)CCCCC. The van der Waals surface area contributed by atoms with Crippen molar-refractivity contribution in [1.82, 2.24) is 0 Å². The molecule has 0 aliphatic heterocycles. The van der Waals surface area contributed by atoms with Crippen LogP contribution in [0.4, 0.5) is 0 Å². The highest BCUT2D eigenvalue weighted by Crippen LogP contribution is 2.25. The van der Waals surface area contributed by atoms with Crippen LogP contribution in [0.2, 0.25) is 0 Å². The zero-order valence-corrected chi connectivity index (χ0v) is 12.5. The first-order chi connectivity index (χ1) is 8.62. The number of rotatable bonds is 10. The highest BCUT2D eigenvalue weighted by molar-refractivity contribution is 5.96. The fourth-order valence-corrected chi connectivity index (χ4v) is 2.51. The first-order valence-electron chi connectivity index (χ1n) is 7.44. The number of aliphatic hydroxyl groups is 1. The Kier molecular flexibility index (Phi) is 9.95. The predicted molar refractivity (Wildman–Crippen MR) is 77.6 cm³/mol. The van der Waals surface area contributed by atoms with E-state index < -0.39 is 0 Å². The van der Waals surface area contributed by atoms with Crippen molar-refractivity contribution in [3.05, 3.63) is 11.6 Å². The lowest BCUT2D eigenvalue weighted by atomic mass is 9.81. The monoisotopic (exact) mass is 254 g/mol. The Bertz CT molecular complexity index is 256. The van der Waals surface area contributed by atoms with Gasteiger partial charge in [0, 0.05) is 12.5 Å². The summed E-state index contributed by atoms with van der Waals surface area (Å²) >= 11 is 0. The van der Waals surface area contributed by atoms with Crippen molar-refractivity contribution in [3.8, 4) is 0 Å². The molecule has 0 rings (SSSR count). The molecular weight excluding hydrogens is 224 g/mol. The van der Waals surface area contributed by atoms with Crippen LogP contribution in [-0.2, 0) is 4.79 Å². The molecule has 2 heteroatoms. The summed E-state index contributed by atoms with van der Waals surface area (Å²) in [6, 6.07) is 0. The van der Waals surface area contributed by atoms with Gasteiger partial charge < -0.3 is 5.11 Å². The van der Waals surface area contributed by atoms with Gasteiger partial charge in [0.1, 0.15) is 0 Å². The van der Waals surface area contributed by atoms with Crippen molar-refractivity contribution >= 4 is 5.78 Å². The van der Waals surface area contributed by atoms with Gasteiger partial charge in [0.2, 0.25) is 0 Å². The smallest absolute Gasteiger partial charge is 0.161 e. The molecule has 0 aliphatic carbocycles. The number of unbranched alkanes of at least 4 members (excludes halogenated alkanes) is 2. The van der Waals surface area contributed by atoms with Crippen LogP contribution in [0, 0.1) is 11.8 Å². The van der Waals surface area contributed by atoms with Gasteiger partial charge in [0.15, 0.2) is 5.78 Å². The minimum atomic E-state index is -0.00495. The number of carbonyl (C=O) groups excluding carboxylic acids is 1. The van der Waals surface area contributed by atoms with Crippen LogP contribution in [0.15, 0.2) is 11.6 Å². The number of Topliss-reactive ketones (excluding diaryl/α,β-unsaturated/α-hetero) is 1. The molecule has 0 aliphatic rings. The number of ketones is 1. The Balaban J connectivity index is 4.59. The predicted octanol–water partition coefficient (Wildman–Crippen LogP) is 4.13. The Morgan fingerprint density at radius 3 is 2.33 bits per heavy atom. The van der Waals surface area contributed by atoms with Crippen LogP contribution in [0.1, 0.15) is 66.2 Å². The maximum Gasteiger partial charge on any atom is 0.161 e. The van der Waals surface area contributed by atoms with Crippen LogP contribution < -0.4 is 0 Å². The second-order valence-electron chi connectivity index (χ2n) is 5.11. The van der Waals surface area contributed by atoms with E-state index >= 15 is 0 Å². The van der Waals surface area contributed by atoms with Gasteiger partial charge in [0.05, 0.1) is 0 Å². The third kappa shape index (κ3) is 5.81. The summed E-state index contributed by atoms with van der Waals surface area (Å²) in [7, 11) is 0. The summed E-state index contributed by atoms with van der Waals surface area (Å²) in [6.45, 7) is 8.29. The average Bonchev–Trinajstić information content (AvgIpc) is 2.37. The first-order valence-corrected chi connectivity index (χ1v) is 7.44. The topological polar surface area (TPSA) is 37.3 Å². The van der Waals surface area contributed by atoms with Crippen LogP contribution in [0.3, 0.4) is 0 Å². The summed E-state index contributed by atoms with van der Waals surface area (Å²) in [5.41, 5.74) is 0.860. The van der Waals surface area contributed by atoms with E-state index in [0.717, 1.165) is 31.3 Å². The minimum absolute atomic E-state index is 0.00495. The Hall–Kier alpha value is -0.630. The fourth-order valence-electron chi connectivity index (χ4n) is 2.51. The number of carbonyl (C=O) groups is 1. The van der Waals surface area contributed by atoms with Gasteiger partial charge in [-0.3, -0.25) is 4.79 Å². The van der Waals surface area contributed by atoms with E-state index in [1.807, 2.05) is 26.8 Å². The molecule has 0 heterocycles. The second kappa shape index (κ2) is 10.3. The van der Waals surface area contributed by atoms with Gasteiger partial charge >= 0.3 is 0 Å². The third-order valence-corrected chi connectivity index (χ3v) is 3.66. The van der Waals surface area contributed by atoms with E-state index in [-0.39, 0.29) is 24.2 Å². The molecule has 2 atom stereocenters. The summed E-state index contributed by atoms with van der Waals surface area (Å²) < 4.78 is 0. The molecule has 0 fully saturated rings.